The number of pyridine rings is 1. The largest absolute Gasteiger partial charge is 0.479 e. The van der Waals surface area contributed by atoms with Crippen molar-refractivity contribution in [3.63, 3.8) is 0 Å². The highest BCUT2D eigenvalue weighted by molar-refractivity contribution is 9.10. The summed E-state index contributed by atoms with van der Waals surface area (Å²) in [6.07, 6.45) is 4.18. The number of hydrogen-bond donors (Lipinski definition) is 1. The van der Waals surface area contributed by atoms with E-state index in [2.05, 4.69) is 34.3 Å². The number of carboxylic acid groups (broad SMARTS) is 1. The lowest BCUT2D eigenvalue weighted by molar-refractivity contribution is -0.160. The Bertz CT molecular complexity index is 1300. The van der Waals surface area contributed by atoms with Crippen molar-refractivity contribution in [1.29, 1.82) is 0 Å². The number of benzene rings is 1. The fraction of sp³-hybridized carbons (Fsp3) is 0.448. The molecule has 1 saturated heterocycles. The molecule has 0 aliphatic carbocycles. The minimum Gasteiger partial charge on any atom is -0.479 e. The Morgan fingerprint density at radius 1 is 1.30 bits per heavy atom. The number of halogens is 1. The minimum atomic E-state index is -1.12. The van der Waals surface area contributed by atoms with Crippen molar-refractivity contribution in [2.75, 3.05) is 24.6 Å². The van der Waals surface area contributed by atoms with E-state index in [1.165, 1.54) is 0 Å². The average Bonchev–Trinajstić information content (AvgIpc) is 3.24. The summed E-state index contributed by atoms with van der Waals surface area (Å²) >= 11 is 3.55. The first-order valence-corrected chi connectivity index (χ1v) is 13.4. The SMILES string of the molecule is C=CCOC1(C)CCN(c2c([C@H](OC(C)(C)C)C(=O)O)c(C)cn3nc(-c4cccc(Br)c4)cc23)CC1. The molecule has 0 saturated carbocycles. The Kier molecular flexibility index (Phi) is 7.83. The van der Waals surface area contributed by atoms with E-state index in [1.54, 1.807) is 6.08 Å². The lowest BCUT2D eigenvalue weighted by Crippen LogP contribution is -2.45. The van der Waals surface area contributed by atoms with Gasteiger partial charge in [0.15, 0.2) is 6.10 Å². The van der Waals surface area contributed by atoms with Gasteiger partial charge in [0.05, 0.1) is 34.7 Å². The number of aliphatic carboxylic acids is 1. The Morgan fingerprint density at radius 2 is 2.00 bits per heavy atom. The van der Waals surface area contributed by atoms with Crippen LogP contribution >= 0.6 is 15.9 Å². The van der Waals surface area contributed by atoms with Crippen molar-refractivity contribution in [2.24, 2.45) is 0 Å². The van der Waals surface area contributed by atoms with Gasteiger partial charge in [0.25, 0.3) is 0 Å². The molecule has 3 aromatic rings. The van der Waals surface area contributed by atoms with Gasteiger partial charge in [-0.3, -0.25) is 0 Å². The van der Waals surface area contributed by atoms with E-state index in [4.69, 9.17) is 14.6 Å². The van der Waals surface area contributed by atoms with Crippen LogP contribution < -0.4 is 4.90 Å². The molecule has 8 heteroatoms. The molecule has 1 aliphatic rings. The maximum Gasteiger partial charge on any atom is 0.337 e. The van der Waals surface area contributed by atoms with Crippen molar-refractivity contribution in [2.45, 2.75) is 64.8 Å². The average molecular weight is 571 g/mol. The van der Waals surface area contributed by atoms with Crippen LogP contribution in [0.4, 0.5) is 5.69 Å². The number of fused-ring (bicyclic) bond motifs is 1. The predicted molar refractivity (Wildman–Crippen MR) is 150 cm³/mol. The number of aromatic nitrogens is 2. The number of nitrogens with zero attached hydrogens (tertiary/aromatic N) is 3. The molecule has 3 heterocycles. The van der Waals surface area contributed by atoms with E-state index in [0.717, 1.165) is 58.4 Å². The van der Waals surface area contributed by atoms with Crippen molar-refractivity contribution in [3.05, 3.63) is 64.8 Å². The van der Waals surface area contributed by atoms with E-state index in [0.29, 0.717) is 12.2 Å². The van der Waals surface area contributed by atoms with Gasteiger partial charge in [-0.2, -0.15) is 5.10 Å². The van der Waals surface area contributed by atoms with E-state index >= 15 is 0 Å². The van der Waals surface area contributed by atoms with Gasteiger partial charge in [-0.1, -0.05) is 34.1 Å². The Morgan fingerprint density at radius 3 is 2.59 bits per heavy atom. The van der Waals surface area contributed by atoms with Crippen LogP contribution in [0.1, 0.15) is 57.8 Å². The normalized spacial score (nSPS) is 16.6. The Labute approximate surface area is 227 Å². The number of anilines is 1. The fourth-order valence-corrected chi connectivity index (χ4v) is 5.29. The van der Waals surface area contributed by atoms with E-state index < -0.39 is 17.7 Å². The van der Waals surface area contributed by atoms with Gasteiger partial charge in [-0.25, -0.2) is 9.31 Å². The molecule has 37 heavy (non-hydrogen) atoms. The van der Waals surface area contributed by atoms with Gasteiger partial charge < -0.3 is 19.5 Å². The highest BCUT2D eigenvalue weighted by atomic mass is 79.9. The van der Waals surface area contributed by atoms with Gasteiger partial charge in [-0.15, -0.1) is 6.58 Å². The summed E-state index contributed by atoms with van der Waals surface area (Å²) < 4.78 is 15.1. The van der Waals surface area contributed by atoms with Crippen molar-refractivity contribution >= 4 is 33.1 Å². The number of carbonyl (C=O) groups is 1. The zero-order valence-corrected chi connectivity index (χ0v) is 23.8. The molecule has 0 spiro atoms. The van der Waals surface area contributed by atoms with Crippen LogP contribution in [0.15, 0.2) is 53.7 Å². The monoisotopic (exact) mass is 569 g/mol. The van der Waals surface area contributed by atoms with Crippen LogP contribution in [-0.2, 0) is 14.3 Å². The maximum absolute atomic E-state index is 12.6. The summed E-state index contributed by atoms with van der Waals surface area (Å²) in [5.41, 5.74) is 4.11. The molecule has 198 valence electrons. The zero-order valence-electron chi connectivity index (χ0n) is 22.3. The number of aryl methyl sites for hydroxylation is 1. The Hall–Kier alpha value is -2.68. The second-order valence-electron chi connectivity index (χ2n) is 10.9. The van der Waals surface area contributed by atoms with Crippen LogP contribution in [0.2, 0.25) is 0 Å². The third-order valence-electron chi connectivity index (χ3n) is 6.74. The summed E-state index contributed by atoms with van der Waals surface area (Å²) in [5, 5.41) is 15.2. The molecule has 4 rings (SSSR count). The molecule has 2 aromatic heterocycles. The summed E-state index contributed by atoms with van der Waals surface area (Å²) in [7, 11) is 0. The quantitative estimate of drug-likeness (QED) is 0.309. The van der Waals surface area contributed by atoms with Crippen LogP contribution in [0, 0.1) is 6.92 Å². The second kappa shape index (κ2) is 10.6. The van der Waals surface area contributed by atoms with Crippen molar-refractivity contribution in [3.8, 4) is 11.3 Å². The first kappa shape index (κ1) is 27.4. The summed E-state index contributed by atoms with van der Waals surface area (Å²) in [6.45, 7) is 15.4. The highest BCUT2D eigenvalue weighted by Crippen LogP contribution is 2.41. The van der Waals surface area contributed by atoms with Crippen molar-refractivity contribution < 1.29 is 19.4 Å². The van der Waals surface area contributed by atoms with Crippen molar-refractivity contribution in [1.82, 2.24) is 9.61 Å². The third-order valence-corrected chi connectivity index (χ3v) is 7.23. The van der Waals surface area contributed by atoms with Gasteiger partial charge in [0.1, 0.15) is 0 Å². The molecule has 0 radical (unpaired) electrons. The molecule has 1 fully saturated rings. The minimum absolute atomic E-state index is 0.249. The number of ether oxygens (including phenoxy) is 2. The van der Waals surface area contributed by atoms with Crippen LogP contribution in [0.5, 0.6) is 0 Å². The topological polar surface area (TPSA) is 76.3 Å². The molecule has 0 bridgehead atoms. The lowest BCUT2D eigenvalue weighted by Gasteiger charge is -2.41. The predicted octanol–water partition coefficient (Wildman–Crippen LogP) is 6.57. The molecule has 0 unspecified atom stereocenters. The molecule has 1 aromatic carbocycles. The number of rotatable bonds is 8. The first-order valence-electron chi connectivity index (χ1n) is 12.6. The summed E-state index contributed by atoms with van der Waals surface area (Å²) in [4.78, 5) is 14.9. The molecular formula is C29H36BrN3O4. The van der Waals surface area contributed by atoms with E-state index in [1.807, 2.05) is 68.7 Å². The molecule has 1 atom stereocenters. The standard InChI is InChI=1S/C29H36BrN3O4/c1-7-15-36-29(6)11-13-32(14-12-29)25-23-17-22(20-9-8-10-21(30)16-20)31-33(23)18-19(2)24(25)26(27(34)35)37-28(3,4)5/h7-10,16-18,26H,1,11-15H2,2-6H3,(H,34,35)/t26-/m0/s1. The highest BCUT2D eigenvalue weighted by Gasteiger charge is 2.37. The second-order valence-corrected chi connectivity index (χ2v) is 11.8. The van der Waals surface area contributed by atoms with Gasteiger partial charge >= 0.3 is 5.97 Å². The number of piperidine rings is 1. The zero-order chi connectivity index (χ0) is 27.0. The smallest absolute Gasteiger partial charge is 0.337 e. The van der Waals surface area contributed by atoms with Gasteiger partial charge in [0.2, 0.25) is 0 Å². The lowest BCUT2D eigenvalue weighted by atomic mass is 9.91. The summed E-state index contributed by atoms with van der Waals surface area (Å²) in [5.74, 6) is -1.01. The van der Waals surface area contributed by atoms with Crippen LogP contribution in [-0.4, -0.2) is 51.6 Å². The van der Waals surface area contributed by atoms with Crippen LogP contribution in [0.3, 0.4) is 0 Å². The number of carboxylic acids is 1. The molecule has 0 amide bonds. The first-order chi connectivity index (χ1) is 17.4. The third kappa shape index (κ3) is 6.08. The molecule has 1 N–H and O–H groups in total. The fourth-order valence-electron chi connectivity index (χ4n) is 4.89. The van der Waals surface area contributed by atoms with E-state index in [-0.39, 0.29) is 5.60 Å². The Balaban J connectivity index is 1.87. The maximum atomic E-state index is 12.6. The molecule has 1 aliphatic heterocycles. The number of hydrogen-bond acceptors (Lipinski definition) is 5. The van der Waals surface area contributed by atoms with Gasteiger partial charge in [-0.05, 0) is 71.2 Å². The summed E-state index contributed by atoms with van der Waals surface area (Å²) in [6, 6.07) is 10.0. The van der Waals surface area contributed by atoms with Crippen LogP contribution in [0.25, 0.3) is 16.8 Å². The van der Waals surface area contributed by atoms with Gasteiger partial charge in [0, 0.05) is 34.9 Å². The molecular weight excluding hydrogens is 534 g/mol. The van der Waals surface area contributed by atoms with E-state index in [9.17, 15) is 9.90 Å². The molecule has 7 nitrogen and oxygen atoms in total.